The first-order valence-electron chi connectivity index (χ1n) is 8.84. The highest BCUT2D eigenvalue weighted by atomic mass is 16.6. The molecule has 0 aliphatic heterocycles. The summed E-state index contributed by atoms with van der Waals surface area (Å²) < 4.78 is 11.2. The van der Waals surface area contributed by atoms with Crippen molar-refractivity contribution in [1.29, 1.82) is 0 Å². The summed E-state index contributed by atoms with van der Waals surface area (Å²) in [4.78, 5) is 29.0. The van der Waals surface area contributed by atoms with Gasteiger partial charge in [0.15, 0.2) is 0 Å². The third kappa shape index (κ3) is 8.47. The Morgan fingerprint density at radius 2 is 1.81 bits per heavy atom. The molecule has 1 amide bonds. The summed E-state index contributed by atoms with van der Waals surface area (Å²) in [5.41, 5.74) is -0.306. The Labute approximate surface area is 157 Å². The quantitative estimate of drug-likeness (QED) is 0.493. The van der Waals surface area contributed by atoms with Crippen LogP contribution in [0.1, 0.15) is 54.9 Å². The summed E-state index contributed by atoms with van der Waals surface area (Å²) in [5, 5.41) is 8.96. The van der Waals surface area contributed by atoms with E-state index in [-0.39, 0.29) is 17.7 Å². The number of ether oxygens (including phenoxy) is 2. The monoisotopic (exact) mass is 370 g/mol. The Kier molecular flexibility index (Phi) is 9.56. The molecule has 0 unspecified atom stereocenters. The number of carbonyl (C=O) groups excluding carboxylic acids is 1. The largest absolute Gasteiger partial charge is 0.477 e. The minimum atomic E-state index is -1.18. The third-order valence-electron chi connectivity index (χ3n) is 3.80. The molecule has 0 aliphatic rings. The highest BCUT2D eigenvalue weighted by Crippen LogP contribution is 2.21. The molecule has 1 N–H and O–H groups in total. The number of hydrogen-bond donors (Lipinski definition) is 1. The minimum absolute atomic E-state index is 0.144. The van der Waals surface area contributed by atoms with Gasteiger partial charge in [-0.1, -0.05) is 20.4 Å². The highest BCUT2D eigenvalue weighted by molar-refractivity contribution is 5.93. The maximum Gasteiger partial charge on any atom is 0.410 e. The second kappa shape index (κ2) is 10.3. The average molecular weight is 370 g/mol. The van der Waals surface area contributed by atoms with Crippen molar-refractivity contribution in [3.63, 3.8) is 0 Å². The van der Waals surface area contributed by atoms with Crippen molar-refractivity contribution in [2.45, 2.75) is 72.6 Å². The molecule has 0 aromatic rings. The normalized spacial score (nSPS) is 14.7. The fourth-order valence-electron chi connectivity index (χ4n) is 2.46. The molecule has 0 heterocycles. The molecule has 0 aromatic heterocycles. The molecule has 7 nitrogen and oxygen atoms in total. The average Bonchev–Trinajstić information content (AvgIpc) is 2.48. The molecule has 7 heteroatoms. The molecule has 2 atom stereocenters. The number of hydrogen-bond acceptors (Lipinski definition) is 5. The van der Waals surface area contributed by atoms with Crippen LogP contribution in [0.15, 0.2) is 17.3 Å². The van der Waals surface area contributed by atoms with E-state index in [2.05, 4.69) is 11.6 Å². The van der Waals surface area contributed by atoms with Gasteiger partial charge in [-0.2, -0.15) is 0 Å². The molecule has 0 aromatic carbocycles. The van der Waals surface area contributed by atoms with Gasteiger partial charge in [-0.15, -0.1) is 0 Å². The summed E-state index contributed by atoms with van der Waals surface area (Å²) in [7, 11) is 1.70. The third-order valence-corrected chi connectivity index (χ3v) is 3.80. The van der Waals surface area contributed by atoms with Crippen molar-refractivity contribution in [2.24, 2.45) is 10.9 Å². The topological polar surface area (TPSA) is 88.4 Å². The van der Waals surface area contributed by atoms with Crippen molar-refractivity contribution in [2.75, 3.05) is 13.7 Å². The van der Waals surface area contributed by atoms with E-state index < -0.39 is 23.8 Å². The number of rotatable bonds is 9. The van der Waals surface area contributed by atoms with Crippen molar-refractivity contribution in [1.82, 2.24) is 4.90 Å². The zero-order chi connectivity index (χ0) is 20.7. The maximum atomic E-state index is 12.4. The van der Waals surface area contributed by atoms with Crippen LogP contribution in [0.3, 0.4) is 0 Å². The van der Waals surface area contributed by atoms with Crippen LogP contribution in [-0.4, -0.2) is 59.2 Å². The van der Waals surface area contributed by atoms with Crippen molar-refractivity contribution in [3.05, 3.63) is 12.3 Å². The number of aliphatic carboxylic acids is 1. The van der Waals surface area contributed by atoms with E-state index in [1.165, 1.54) is 0 Å². The highest BCUT2D eigenvalue weighted by Gasteiger charge is 2.30. The van der Waals surface area contributed by atoms with E-state index in [0.29, 0.717) is 18.7 Å². The molecule has 0 saturated heterocycles. The van der Waals surface area contributed by atoms with E-state index in [0.717, 1.165) is 0 Å². The molecular formula is C19H34N2O5. The number of carboxylic acid groups (broad SMARTS) is 1. The van der Waals surface area contributed by atoms with Gasteiger partial charge in [0.2, 0.25) is 0 Å². The molecule has 0 radical (unpaired) electrons. The molecule has 0 bridgehead atoms. The van der Waals surface area contributed by atoms with E-state index >= 15 is 0 Å². The molecule has 26 heavy (non-hydrogen) atoms. The maximum absolute atomic E-state index is 12.4. The van der Waals surface area contributed by atoms with E-state index in [1.807, 2.05) is 41.5 Å². The summed E-state index contributed by atoms with van der Waals surface area (Å²) in [6.45, 7) is 16.9. The fourth-order valence-corrected chi connectivity index (χ4v) is 2.46. The second-order valence-corrected chi connectivity index (χ2v) is 7.59. The smallest absolute Gasteiger partial charge is 0.410 e. The van der Waals surface area contributed by atoms with Crippen LogP contribution < -0.4 is 0 Å². The lowest BCUT2D eigenvalue weighted by Crippen LogP contribution is -2.46. The zero-order valence-electron chi connectivity index (χ0n) is 17.3. The SMILES string of the molecule is C=C(N=C(C)[C@@H](C[C@@H](C(C)C)N(C)C(=O)OC(C)(C)C)OCC)C(=O)O. The molecule has 150 valence electrons. The van der Waals surface area contributed by atoms with Gasteiger partial charge in [0.25, 0.3) is 0 Å². The molecule has 0 rings (SSSR count). The van der Waals surface area contributed by atoms with Gasteiger partial charge in [-0.25, -0.2) is 14.6 Å². The van der Waals surface area contributed by atoms with Gasteiger partial charge >= 0.3 is 12.1 Å². The lowest BCUT2D eigenvalue weighted by Gasteiger charge is -2.35. The lowest BCUT2D eigenvalue weighted by atomic mass is 9.95. The second-order valence-electron chi connectivity index (χ2n) is 7.59. The minimum Gasteiger partial charge on any atom is -0.477 e. The van der Waals surface area contributed by atoms with Crippen LogP contribution in [0.2, 0.25) is 0 Å². The standard InChI is InChI=1S/C19H34N2O5/c1-10-25-16(13(4)20-14(5)17(22)23)11-15(12(2)3)21(9)18(24)26-19(6,7)8/h12,15-16H,5,10-11H2,1-4,6-9H3,(H,22,23)/t15-,16+/m0/s1. The van der Waals surface area contributed by atoms with Gasteiger partial charge in [0.05, 0.1) is 6.10 Å². The first-order valence-corrected chi connectivity index (χ1v) is 8.84. The van der Waals surface area contributed by atoms with Gasteiger partial charge < -0.3 is 19.5 Å². The molecular weight excluding hydrogens is 336 g/mol. The van der Waals surface area contributed by atoms with E-state index in [9.17, 15) is 9.59 Å². The fraction of sp³-hybridized carbons (Fsp3) is 0.737. The predicted molar refractivity (Wildman–Crippen MR) is 103 cm³/mol. The van der Waals surface area contributed by atoms with Crippen LogP contribution >= 0.6 is 0 Å². The van der Waals surface area contributed by atoms with Crippen molar-refractivity contribution in [3.8, 4) is 0 Å². The zero-order valence-corrected chi connectivity index (χ0v) is 17.3. The molecule has 0 aliphatic carbocycles. The Balaban J connectivity index is 5.42. The van der Waals surface area contributed by atoms with Crippen LogP contribution in [0.5, 0.6) is 0 Å². The Hall–Kier alpha value is -1.89. The van der Waals surface area contributed by atoms with Gasteiger partial charge in [-0.3, -0.25) is 0 Å². The van der Waals surface area contributed by atoms with Crippen LogP contribution in [0.25, 0.3) is 0 Å². The van der Waals surface area contributed by atoms with Gasteiger partial charge in [-0.05, 0) is 47.0 Å². The van der Waals surface area contributed by atoms with E-state index in [4.69, 9.17) is 14.6 Å². The number of carbonyl (C=O) groups is 2. The van der Waals surface area contributed by atoms with Gasteiger partial charge in [0.1, 0.15) is 11.3 Å². The van der Waals surface area contributed by atoms with Crippen molar-refractivity contribution < 1.29 is 24.2 Å². The first kappa shape index (κ1) is 24.1. The van der Waals surface area contributed by atoms with Crippen molar-refractivity contribution >= 4 is 17.8 Å². The Morgan fingerprint density at radius 1 is 1.27 bits per heavy atom. The Bertz CT molecular complexity index is 535. The Morgan fingerprint density at radius 3 is 2.19 bits per heavy atom. The predicted octanol–water partition coefficient (Wildman–Crippen LogP) is 3.73. The lowest BCUT2D eigenvalue weighted by molar-refractivity contribution is -0.132. The van der Waals surface area contributed by atoms with E-state index in [1.54, 1.807) is 18.9 Å². The van der Waals surface area contributed by atoms with Gasteiger partial charge in [0, 0.05) is 25.4 Å². The summed E-state index contributed by atoms with van der Waals surface area (Å²) >= 11 is 0. The summed E-state index contributed by atoms with van der Waals surface area (Å²) in [6, 6.07) is -0.162. The molecule has 0 fully saturated rings. The number of carboxylic acids is 1. The van der Waals surface area contributed by atoms with Crippen LogP contribution in [0, 0.1) is 5.92 Å². The summed E-state index contributed by atoms with van der Waals surface area (Å²) in [5.74, 6) is -1.03. The first-order chi connectivity index (χ1) is 11.8. The number of amides is 1. The number of nitrogens with zero attached hydrogens (tertiary/aromatic N) is 2. The van der Waals surface area contributed by atoms with Crippen LogP contribution in [-0.2, 0) is 14.3 Å². The number of aliphatic imine (C=N–C) groups is 1. The molecule has 0 spiro atoms. The molecule has 0 saturated carbocycles. The van der Waals surface area contributed by atoms with Crippen LogP contribution in [0.4, 0.5) is 4.79 Å². The summed E-state index contributed by atoms with van der Waals surface area (Å²) in [6.07, 6.45) is -0.354.